The first-order valence-corrected chi connectivity index (χ1v) is 7.40. The molecular formula is C17H19BNO2-. The first-order valence-electron chi connectivity index (χ1n) is 7.40. The van der Waals surface area contributed by atoms with Gasteiger partial charge in [0, 0.05) is 0 Å². The summed E-state index contributed by atoms with van der Waals surface area (Å²) in [5.41, 5.74) is 2.00. The van der Waals surface area contributed by atoms with Gasteiger partial charge in [0.25, 0.3) is 12.5 Å². The minimum atomic E-state index is -1.69. The van der Waals surface area contributed by atoms with Crippen molar-refractivity contribution in [3.05, 3.63) is 60.7 Å². The van der Waals surface area contributed by atoms with Crippen LogP contribution in [0, 0.1) is 5.92 Å². The lowest BCUT2D eigenvalue weighted by Crippen LogP contribution is -2.68. The molecule has 3 rings (SSSR count). The zero-order chi connectivity index (χ0) is 14.9. The van der Waals surface area contributed by atoms with Gasteiger partial charge in [0.1, 0.15) is 0 Å². The molecule has 0 bridgehead atoms. The van der Waals surface area contributed by atoms with E-state index in [4.69, 9.17) is 4.65 Å². The van der Waals surface area contributed by atoms with E-state index in [1.54, 1.807) is 0 Å². The first-order chi connectivity index (χ1) is 10.1. The van der Waals surface area contributed by atoms with Gasteiger partial charge in [-0.3, -0.25) is 4.79 Å². The van der Waals surface area contributed by atoms with Crippen molar-refractivity contribution in [2.45, 2.75) is 19.9 Å². The molecule has 1 N–H and O–H groups in total. The van der Waals surface area contributed by atoms with Crippen molar-refractivity contribution in [2.24, 2.45) is 5.92 Å². The summed E-state index contributed by atoms with van der Waals surface area (Å²) in [7, 11) is 0. The summed E-state index contributed by atoms with van der Waals surface area (Å²) >= 11 is 0. The molecule has 2 aromatic rings. The van der Waals surface area contributed by atoms with Crippen molar-refractivity contribution >= 4 is 23.4 Å². The number of benzene rings is 2. The summed E-state index contributed by atoms with van der Waals surface area (Å²) in [5, 5.41) is 3.48. The molecule has 1 saturated heterocycles. The van der Waals surface area contributed by atoms with E-state index in [1.165, 1.54) is 0 Å². The molecular weight excluding hydrogens is 261 g/mol. The number of hydrogen-bond donors (Lipinski definition) is 1. The van der Waals surface area contributed by atoms with Crippen molar-refractivity contribution in [3.63, 3.8) is 0 Å². The Hall–Kier alpha value is -2.07. The first kappa shape index (κ1) is 13.9. The molecule has 0 amide bonds. The highest BCUT2D eigenvalue weighted by Crippen LogP contribution is 2.18. The Kier molecular flexibility index (Phi) is 3.56. The molecule has 1 heterocycles. The van der Waals surface area contributed by atoms with E-state index in [9.17, 15) is 4.79 Å². The topological polar surface area (TPSA) is 38.3 Å². The molecule has 1 unspecified atom stereocenters. The lowest BCUT2D eigenvalue weighted by Gasteiger charge is -2.37. The smallest absolute Gasteiger partial charge is 0.293 e. The van der Waals surface area contributed by atoms with E-state index < -0.39 is 6.48 Å². The van der Waals surface area contributed by atoms with Crippen molar-refractivity contribution in [1.29, 1.82) is 0 Å². The molecule has 0 spiro atoms. The molecule has 108 valence electrons. The van der Waals surface area contributed by atoms with Crippen LogP contribution < -0.4 is 16.2 Å². The Morgan fingerprint density at radius 2 is 1.43 bits per heavy atom. The van der Waals surface area contributed by atoms with Crippen LogP contribution in [0.25, 0.3) is 0 Å². The predicted octanol–water partition coefficient (Wildman–Crippen LogP) is 1.41. The second-order valence-electron chi connectivity index (χ2n) is 5.93. The fraction of sp³-hybridized carbons (Fsp3) is 0.235. The van der Waals surface area contributed by atoms with Crippen LogP contribution in [0.2, 0.25) is 0 Å². The normalized spacial score (nSPS) is 20.5. The number of hydrogen-bond acceptors (Lipinski definition) is 3. The fourth-order valence-corrected chi connectivity index (χ4v) is 3.04. The largest absolute Gasteiger partial charge is 0.667 e. The van der Waals surface area contributed by atoms with Gasteiger partial charge in [-0.15, -0.1) is 10.9 Å². The third-order valence-electron chi connectivity index (χ3n) is 4.17. The molecule has 0 aliphatic carbocycles. The van der Waals surface area contributed by atoms with Crippen LogP contribution in [-0.4, -0.2) is 18.5 Å². The summed E-state index contributed by atoms with van der Waals surface area (Å²) in [6.45, 7) is 2.36. The highest BCUT2D eigenvalue weighted by Gasteiger charge is 2.44. The summed E-state index contributed by atoms with van der Waals surface area (Å²) in [6.07, 6.45) is 0. The van der Waals surface area contributed by atoms with Gasteiger partial charge in [-0.05, 0) is 5.92 Å². The Morgan fingerprint density at radius 3 is 1.81 bits per heavy atom. The van der Waals surface area contributed by atoms with Crippen molar-refractivity contribution in [3.8, 4) is 0 Å². The zero-order valence-corrected chi connectivity index (χ0v) is 12.3. The molecule has 21 heavy (non-hydrogen) atoms. The number of carbonyl (C=O) groups is 1. The minimum Gasteiger partial charge on any atom is -0.667 e. The van der Waals surface area contributed by atoms with Gasteiger partial charge in [0.15, 0.2) is 0 Å². The lowest BCUT2D eigenvalue weighted by molar-refractivity contribution is -0.135. The van der Waals surface area contributed by atoms with Gasteiger partial charge in [-0.1, -0.05) is 74.5 Å². The maximum Gasteiger partial charge on any atom is 0.293 e. The quantitative estimate of drug-likeness (QED) is 0.864. The number of nitrogens with one attached hydrogen (secondary N) is 1. The van der Waals surface area contributed by atoms with Crippen molar-refractivity contribution < 1.29 is 9.45 Å². The SMILES string of the molecule is CC(C)C1N[B-](c2ccccc2)(c2ccccc2)OC1=O. The number of rotatable bonds is 3. The minimum absolute atomic E-state index is 0.169. The van der Waals surface area contributed by atoms with Crippen LogP contribution in [0.5, 0.6) is 0 Å². The van der Waals surface area contributed by atoms with Gasteiger partial charge >= 0.3 is 0 Å². The van der Waals surface area contributed by atoms with E-state index in [1.807, 2.05) is 74.5 Å². The van der Waals surface area contributed by atoms with E-state index in [2.05, 4.69) is 5.23 Å². The van der Waals surface area contributed by atoms with E-state index >= 15 is 0 Å². The van der Waals surface area contributed by atoms with Crippen molar-refractivity contribution in [1.82, 2.24) is 5.23 Å². The zero-order valence-electron chi connectivity index (χ0n) is 12.3. The number of carbonyl (C=O) groups excluding carboxylic acids is 1. The summed E-state index contributed by atoms with van der Waals surface area (Å²) in [5.74, 6) is 0.0198. The van der Waals surface area contributed by atoms with E-state index in [0.717, 1.165) is 10.9 Å². The molecule has 1 aliphatic heterocycles. The molecule has 4 heteroatoms. The molecule has 0 aromatic heterocycles. The molecule has 2 aromatic carbocycles. The summed E-state index contributed by atoms with van der Waals surface area (Å²) in [4.78, 5) is 12.3. The van der Waals surface area contributed by atoms with Gasteiger partial charge in [-0.25, -0.2) is 0 Å². The highest BCUT2D eigenvalue weighted by molar-refractivity contribution is 6.97. The van der Waals surface area contributed by atoms with Gasteiger partial charge in [-0.2, -0.15) is 0 Å². The molecule has 1 fully saturated rings. The molecule has 1 atom stereocenters. The van der Waals surface area contributed by atoms with Crippen LogP contribution in [0.15, 0.2) is 60.7 Å². The average Bonchev–Trinajstić information content (AvgIpc) is 2.88. The predicted molar refractivity (Wildman–Crippen MR) is 85.8 cm³/mol. The summed E-state index contributed by atoms with van der Waals surface area (Å²) in [6, 6.07) is 19.6. The van der Waals surface area contributed by atoms with Gasteiger partial charge < -0.3 is 9.88 Å². The van der Waals surface area contributed by atoms with Gasteiger partial charge in [0.05, 0.1) is 6.04 Å². The lowest BCUT2D eigenvalue weighted by atomic mass is 9.42. The van der Waals surface area contributed by atoms with Crippen molar-refractivity contribution in [2.75, 3.05) is 0 Å². The van der Waals surface area contributed by atoms with E-state index in [0.29, 0.717) is 0 Å². The Bertz CT molecular complexity index is 588. The maximum absolute atomic E-state index is 12.3. The van der Waals surface area contributed by atoms with Crippen LogP contribution in [0.1, 0.15) is 13.8 Å². The Balaban J connectivity index is 2.12. The Morgan fingerprint density at radius 1 is 0.952 bits per heavy atom. The molecule has 1 aliphatic rings. The molecule has 0 radical (unpaired) electrons. The Labute approximate surface area is 125 Å². The monoisotopic (exact) mass is 280 g/mol. The van der Waals surface area contributed by atoms with Crippen LogP contribution in [-0.2, 0) is 9.45 Å². The highest BCUT2D eigenvalue weighted by atomic mass is 16.5. The van der Waals surface area contributed by atoms with E-state index in [-0.39, 0.29) is 17.9 Å². The van der Waals surface area contributed by atoms with Crippen LogP contribution >= 0.6 is 0 Å². The standard InChI is InChI=1S/C17H19BNO2/c1-13(2)16-17(20)21-18(19-16,14-9-5-3-6-10-14)15-11-7-4-8-12-15/h3-13,16,19H,1-2H3/q-1. The fourth-order valence-electron chi connectivity index (χ4n) is 3.04. The molecule has 0 saturated carbocycles. The molecule has 3 nitrogen and oxygen atoms in total. The van der Waals surface area contributed by atoms with Crippen LogP contribution in [0.3, 0.4) is 0 Å². The maximum atomic E-state index is 12.3. The second-order valence-corrected chi connectivity index (χ2v) is 5.93. The summed E-state index contributed by atoms with van der Waals surface area (Å²) < 4.78 is 5.91. The van der Waals surface area contributed by atoms with Crippen LogP contribution in [0.4, 0.5) is 0 Å². The second kappa shape index (κ2) is 5.37. The average molecular weight is 280 g/mol. The third-order valence-corrected chi connectivity index (χ3v) is 4.17. The third kappa shape index (κ3) is 2.36. The van der Waals surface area contributed by atoms with Gasteiger partial charge in [0.2, 0.25) is 0 Å².